The summed E-state index contributed by atoms with van der Waals surface area (Å²) >= 11 is 9.17. The zero-order valence-corrected chi connectivity index (χ0v) is 14.2. The van der Waals surface area contributed by atoms with E-state index in [1.807, 2.05) is 23.2 Å². The second kappa shape index (κ2) is 4.56. The Labute approximate surface area is 130 Å². The molecular weight excluding hydrogens is 336 g/mol. The Kier molecular flexibility index (Phi) is 3.10. The van der Waals surface area contributed by atoms with E-state index in [1.54, 1.807) is 0 Å². The molecule has 2 heterocycles. The van der Waals surface area contributed by atoms with Crippen molar-refractivity contribution in [1.29, 1.82) is 0 Å². The molecule has 0 bridgehead atoms. The third-order valence-electron chi connectivity index (χ3n) is 3.46. The van der Waals surface area contributed by atoms with Crippen molar-refractivity contribution in [2.24, 2.45) is 7.05 Å². The van der Waals surface area contributed by atoms with Gasteiger partial charge in [-0.05, 0) is 66.1 Å². The largest absolute Gasteiger partial charge is 0.327 e. The van der Waals surface area contributed by atoms with Crippen LogP contribution in [0.25, 0.3) is 16.9 Å². The van der Waals surface area contributed by atoms with Gasteiger partial charge in [0.15, 0.2) is 10.4 Å². The maximum absolute atomic E-state index is 5.51. The van der Waals surface area contributed by atoms with E-state index in [4.69, 9.17) is 12.2 Å². The summed E-state index contributed by atoms with van der Waals surface area (Å²) in [6.07, 6.45) is 0. The van der Waals surface area contributed by atoms with Crippen molar-refractivity contribution >= 4 is 39.3 Å². The van der Waals surface area contributed by atoms with Gasteiger partial charge in [-0.15, -0.1) is 0 Å². The fourth-order valence-corrected chi connectivity index (χ4v) is 3.84. The van der Waals surface area contributed by atoms with Crippen molar-refractivity contribution in [1.82, 2.24) is 19.3 Å². The fraction of sp³-hybridized carbons (Fsp3) is 0.286. The highest BCUT2D eigenvalue weighted by molar-refractivity contribution is 9.10. The van der Waals surface area contributed by atoms with Crippen molar-refractivity contribution in [2.45, 2.75) is 20.8 Å². The smallest absolute Gasteiger partial charge is 0.184 e. The van der Waals surface area contributed by atoms with Gasteiger partial charge in [0.2, 0.25) is 0 Å². The number of aryl methyl sites for hydroxylation is 4. The van der Waals surface area contributed by atoms with Crippen LogP contribution in [-0.4, -0.2) is 19.3 Å². The van der Waals surface area contributed by atoms with Gasteiger partial charge in [0.05, 0.1) is 11.4 Å². The predicted octanol–water partition coefficient (Wildman–Crippen LogP) is 4.11. The quantitative estimate of drug-likeness (QED) is 0.670. The van der Waals surface area contributed by atoms with Crippen molar-refractivity contribution in [3.05, 3.63) is 38.2 Å². The van der Waals surface area contributed by atoms with Crippen molar-refractivity contribution in [3.8, 4) is 5.69 Å². The molecule has 4 nitrogen and oxygen atoms in total. The lowest BCUT2D eigenvalue weighted by molar-refractivity contribution is 0.758. The lowest BCUT2D eigenvalue weighted by atomic mass is 10.1. The van der Waals surface area contributed by atoms with Crippen LogP contribution in [0.1, 0.15) is 16.8 Å². The van der Waals surface area contributed by atoms with E-state index in [2.05, 4.69) is 52.0 Å². The van der Waals surface area contributed by atoms with Crippen LogP contribution in [0, 0.1) is 25.5 Å². The molecule has 0 atom stereocenters. The van der Waals surface area contributed by atoms with E-state index >= 15 is 0 Å². The SMILES string of the molecule is Cc1cc(C)c(-n2c(=S)[nH]c3c(C)nn(C)c32)c(Br)c1. The number of hydrogen-bond acceptors (Lipinski definition) is 2. The number of nitrogens with one attached hydrogen (secondary N) is 1. The summed E-state index contributed by atoms with van der Waals surface area (Å²) in [4.78, 5) is 3.26. The molecule has 6 heteroatoms. The molecule has 0 saturated carbocycles. The molecule has 3 rings (SSSR count). The number of imidazole rings is 1. The molecule has 0 aliphatic rings. The average molecular weight is 351 g/mol. The Balaban J connectivity index is 2.47. The number of halogens is 1. The average Bonchev–Trinajstić information content (AvgIpc) is 2.78. The van der Waals surface area contributed by atoms with Crippen molar-refractivity contribution < 1.29 is 0 Å². The summed E-state index contributed by atoms with van der Waals surface area (Å²) in [5.74, 6) is 0. The van der Waals surface area contributed by atoms with Crippen LogP contribution >= 0.6 is 28.1 Å². The van der Waals surface area contributed by atoms with E-state index in [9.17, 15) is 0 Å². The first-order chi connectivity index (χ1) is 9.40. The second-order valence-corrected chi connectivity index (χ2v) is 6.33. The monoisotopic (exact) mass is 350 g/mol. The summed E-state index contributed by atoms with van der Waals surface area (Å²) < 4.78 is 5.63. The van der Waals surface area contributed by atoms with E-state index in [1.165, 1.54) is 11.1 Å². The number of aromatic nitrogens is 4. The molecular formula is C14H15BrN4S. The molecule has 0 radical (unpaired) electrons. The fourth-order valence-electron chi connectivity index (χ4n) is 2.71. The standard InChI is InChI=1S/C14H15BrN4S/c1-7-5-8(2)12(10(15)6-7)19-13-11(16-14(19)20)9(3)17-18(13)4/h5-6H,1-4H3,(H,16,20). The highest BCUT2D eigenvalue weighted by atomic mass is 79.9. The zero-order valence-electron chi connectivity index (χ0n) is 11.8. The zero-order chi connectivity index (χ0) is 14.6. The third kappa shape index (κ3) is 1.86. The highest BCUT2D eigenvalue weighted by Crippen LogP contribution is 2.30. The Morgan fingerprint density at radius 1 is 1.25 bits per heavy atom. The molecule has 2 aromatic heterocycles. The molecule has 0 saturated heterocycles. The van der Waals surface area contributed by atoms with Gasteiger partial charge in [0.25, 0.3) is 0 Å². The Bertz CT molecular complexity index is 862. The van der Waals surface area contributed by atoms with Gasteiger partial charge in [0.1, 0.15) is 5.52 Å². The first kappa shape index (κ1) is 13.6. The molecule has 104 valence electrons. The van der Waals surface area contributed by atoms with Gasteiger partial charge in [-0.1, -0.05) is 6.07 Å². The number of H-pyrrole nitrogens is 1. The van der Waals surface area contributed by atoms with Crippen LogP contribution in [0.3, 0.4) is 0 Å². The van der Waals surface area contributed by atoms with E-state index in [0.29, 0.717) is 4.77 Å². The molecule has 0 aliphatic heterocycles. The number of fused-ring (bicyclic) bond motifs is 1. The van der Waals surface area contributed by atoms with Gasteiger partial charge in [-0.2, -0.15) is 5.10 Å². The molecule has 20 heavy (non-hydrogen) atoms. The first-order valence-corrected chi connectivity index (χ1v) is 7.51. The summed E-state index contributed by atoms with van der Waals surface area (Å²) in [6.45, 7) is 6.16. The summed E-state index contributed by atoms with van der Waals surface area (Å²) in [6, 6.07) is 4.26. The topological polar surface area (TPSA) is 38.5 Å². The Morgan fingerprint density at radius 2 is 1.95 bits per heavy atom. The third-order valence-corrected chi connectivity index (χ3v) is 4.35. The molecule has 0 aliphatic carbocycles. The Hall–Kier alpha value is -1.40. The first-order valence-electron chi connectivity index (χ1n) is 6.31. The van der Waals surface area contributed by atoms with Gasteiger partial charge in [0, 0.05) is 11.5 Å². The van der Waals surface area contributed by atoms with Crippen LogP contribution in [0.5, 0.6) is 0 Å². The molecule has 0 amide bonds. The second-order valence-electron chi connectivity index (χ2n) is 5.09. The van der Waals surface area contributed by atoms with Crippen molar-refractivity contribution in [3.63, 3.8) is 0 Å². The highest BCUT2D eigenvalue weighted by Gasteiger charge is 2.17. The normalized spacial score (nSPS) is 11.4. The van der Waals surface area contributed by atoms with E-state index in [-0.39, 0.29) is 0 Å². The van der Waals surface area contributed by atoms with Crippen LogP contribution in [0.2, 0.25) is 0 Å². The Morgan fingerprint density at radius 3 is 2.60 bits per heavy atom. The van der Waals surface area contributed by atoms with Crippen molar-refractivity contribution in [2.75, 3.05) is 0 Å². The minimum Gasteiger partial charge on any atom is -0.327 e. The summed E-state index contributed by atoms with van der Waals surface area (Å²) in [7, 11) is 1.94. The lowest BCUT2D eigenvalue weighted by Crippen LogP contribution is -2.03. The van der Waals surface area contributed by atoms with Gasteiger partial charge < -0.3 is 4.98 Å². The van der Waals surface area contributed by atoms with Gasteiger partial charge >= 0.3 is 0 Å². The van der Waals surface area contributed by atoms with Crippen LogP contribution in [0.15, 0.2) is 16.6 Å². The number of hydrogen-bond donors (Lipinski definition) is 1. The molecule has 1 N–H and O–H groups in total. The number of nitrogens with zero attached hydrogens (tertiary/aromatic N) is 3. The van der Waals surface area contributed by atoms with Crippen LogP contribution in [-0.2, 0) is 7.05 Å². The molecule has 0 fully saturated rings. The molecule has 0 unspecified atom stereocenters. The summed E-state index contributed by atoms with van der Waals surface area (Å²) in [5, 5.41) is 4.46. The minimum absolute atomic E-state index is 0.684. The molecule has 1 aromatic carbocycles. The van der Waals surface area contributed by atoms with Crippen LogP contribution < -0.4 is 0 Å². The summed E-state index contributed by atoms with van der Waals surface area (Å²) in [5.41, 5.74) is 6.39. The lowest BCUT2D eigenvalue weighted by Gasteiger charge is -2.12. The maximum atomic E-state index is 5.51. The predicted molar refractivity (Wildman–Crippen MR) is 87.1 cm³/mol. The minimum atomic E-state index is 0.684. The number of aromatic amines is 1. The van der Waals surface area contributed by atoms with E-state index < -0.39 is 0 Å². The van der Waals surface area contributed by atoms with Gasteiger partial charge in [-0.25, -0.2) is 4.68 Å². The maximum Gasteiger partial charge on any atom is 0.184 e. The van der Waals surface area contributed by atoms with E-state index in [0.717, 1.165) is 27.0 Å². The van der Waals surface area contributed by atoms with Gasteiger partial charge in [-0.3, -0.25) is 4.57 Å². The number of rotatable bonds is 1. The number of benzene rings is 1. The molecule has 0 spiro atoms. The molecule has 3 aromatic rings. The van der Waals surface area contributed by atoms with Crippen LogP contribution in [0.4, 0.5) is 0 Å².